The van der Waals surface area contributed by atoms with Crippen molar-refractivity contribution < 1.29 is 5.11 Å². The second-order valence-electron chi connectivity index (χ2n) is 3.47. The summed E-state index contributed by atoms with van der Waals surface area (Å²) in [7, 11) is 0. The van der Waals surface area contributed by atoms with E-state index in [1.165, 1.54) is 11.3 Å². The molecule has 0 fully saturated rings. The molecule has 90 valence electrons. The highest BCUT2D eigenvalue weighted by atomic mass is 35.5. The van der Waals surface area contributed by atoms with Crippen LogP contribution in [0.5, 0.6) is 0 Å². The standard InChI is InChI=1S/C13H9ClN2OS/c14-6-12(17)10(7-15)13-16-11(8-18-13)9-4-2-1-3-5-9/h1-5,8,17H,6H2/b12-10-. The Morgan fingerprint density at radius 2 is 2.11 bits per heavy atom. The van der Waals surface area contributed by atoms with Gasteiger partial charge in [0, 0.05) is 10.9 Å². The van der Waals surface area contributed by atoms with Crippen LogP contribution in [0.1, 0.15) is 5.01 Å². The molecule has 0 spiro atoms. The first-order chi connectivity index (χ1) is 8.76. The van der Waals surface area contributed by atoms with E-state index in [1.54, 1.807) is 0 Å². The minimum Gasteiger partial charge on any atom is -0.510 e. The van der Waals surface area contributed by atoms with Crippen molar-refractivity contribution in [3.05, 3.63) is 46.5 Å². The third-order valence-electron chi connectivity index (χ3n) is 2.31. The van der Waals surface area contributed by atoms with Gasteiger partial charge < -0.3 is 5.11 Å². The summed E-state index contributed by atoms with van der Waals surface area (Å²) in [6, 6.07) is 11.6. The van der Waals surface area contributed by atoms with Crippen LogP contribution in [0.15, 0.2) is 41.5 Å². The summed E-state index contributed by atoms with van der Waals surface area (Å²) in [6.45, 7) is 0. The number of alkyl halides is 1. The molecule has 2 rings (SSSR count). The maximum absolute atomic E-state index is 9.54. The predicted octanol–water partition coefficient (Wildman–Crippen LogP) is 3.84. The minimum absolute atomic E-state index is 0.0941. The Balaban J connectivity index is 2.41. The van der Waals surface area contributed by atoms with Crippen molar-refractivity contribution in [3.63, 3.8) is 0 Å². The van der Waals surface area contributed by atoms with E-state index in [4.69, 9.17) is 16.9 Å². The highest BCUT2D eigenvalue weighted by molar-refractivity contribution is 7.11. The van der Waals surface area contributed by atoms with Gasteiger partial charge in [0.25, 0.3) is 0 Å². The van der Waals surface area contributed by atoms with E-state index in [1.807, 2.05) is 41.8 Å². The predicted molar refractivity (Wildman–Crippen MR) is 73.4 cm³/mol. The number of thiazole rings is 1. The Hall–Kier alpha value is -1.83. The van der Waals surface area contributed by atoms with Crippen molar-refractivity contribution in [2.75, 3.05) is 5.88 Å². The summed E-state index contributed by atoms with van der Waals surface area (Å²) in [6.07, 6.45) is 0. The van der Waals surface area contributed by atoms with Crippen molar-refractivity contribution in [2.24, 2.45) is 0 Å². The molecule has 1 aromatic carbocycles. The second kappa shape index (κ2) is 5.67. The number of halogens is 1. The molecule has 0 aliphatic carbocycles. The van der Waals surface area contributed by atoms with Crippen LogP contribution < -0.4 is 0 Å². The van der Waals surface area contributed by atoms with Gasteiger partial charge in [-0.2, -0.15) is 5.26 Å². The van der Waals surface area contributed by atoms with E-state index in [-0.39, 0.29) is 17.2 Å². The molecule has 0 aliphatic heterocycles. The summed E-state index contributed by atoms with van der Waals surface area (Å²) < 4.78 is 0. The Morgan fingerprint density at radius 1 is 1.39 bits per heavy atom. The summed E-state index contributed by atoms with van der Waals surface area (Å²) in [5, 5.41) is 20.9. The van der Waals surface area contributed by atoms with Gasteiger partial charge in [-0.25, -0.2) is 4.98 Å². The monoisotopic (exact) mass is 276 g/mol. The molecule has 0 aliphatic rings. The van der Waals surface area contributed by atoms with Crippen molar-refractivity contribution in [3.8, 4) is 17.3 Å². The van der Waals surface area contributed by atoms with Gasteiger partial charge in [0.05, 0.1) is 11.6 Å². The zero-order chi connectivity index (χ0) is 13.0. The van der Waals surface area contributed by atoms with Gasteiger partial charge in [-0.1, -0.05) is 30.3 Å². The maximum Gasteiger partial charge on any atom is 0.138 e. The molecule has 0 unspecified atom stereocenters. The molecule has 18 heavy (non-hydrogen) atoms. The van der Waals surface area contributed by atoms with E-state index in [0.717, 1.165) is 11.3 Å². The molecular formula is C13H9ClN2OS. The van der Waals surface area contributed by atoms with E-state index in [2.05, 4.69) is 4.98 Å². The fraction of sp³-hybridized carbons (Fsp3) is 0.0769. The van der Waals surface area contributed by atoms with Gasteiger partial charge in [-0.15, -0.1) is 22.9 Å². The van der Waals surface area contributed by atoms with Gasteiger partial charge >= 0.3 is 0 Å². The van der Waals surface area contributed by atoms with Crippen LogP contribution in [0.4, 0.5) is 0 Å². The van der Waals surface area contributed by atoms with Crippen LogP contribution in [0.3, 0.4) is 0 Å². The third kappa shape index (κ3) is 2.53. The van der Waals surface area contributed by atoms with E-state index in [0.29, 0.717) is 5.01 Å². The van der Waals surface area contributed by atoms with Crippen LogP contribution in [0, 0.1) is 11.3 Å². The SMILES string of the molecule is N#C/C(=C(/O)CCl)c1nc(-c2ccccc2)cs1. The number of nitriles is 1. The highest BCUT2D eigenvalue weighted by Crippen LogP contribution is 2.27. The summed E-state index contributed by atoms with van der Waals surface area (Å²) >= 11 is 6.83. The number of aliphatic hydroxyl groups is 1. The summed E-state index contributed by atoms with van der Waals surface area (Å²) in [4.78, 5) is 4.34. The lowest BCUT2D eigenvalue weighted by molar-refractivity contribution is 0.420. The van der Waals surface area contributed by atoms with Crippen LogP contribution in [-0.2, 0) is 0 Å². The molecule has 5 heteroatoms. The summed E-state index contributed by atoms with van der Waals surface area (Å²) in [5.41, 5.74) is 1.89. The average molecular weight is 277 g/mol. The Bertz CT molecular complexity index is 613. The van der Waals surface area contributed by atoms with Gasteiger partial charge in [0.1, 0.15) is 22.4 Å². The minimum atomic E-state index is -0.145. The molecule has 0 atom stereocenters. The number of allylic oxidation sites excluding steroid dienone is 2. The van der Waals surface area contributed by atoms with Gasteiger partial charge in [0.2, 0.25) is 0 Å². The zero-order valence-electron chi connectivity index (χ0n) is 9.30. The van der Waals surface area contributed by atoms with Crippen molar-refractivity contribution in [2.45, 2.75) is 0 Å². The Kier molecular flexibility index (Phi) is 3.98. The smallest absolute Gasteiger partial charge is 0.138 e. The molecule has 0 amide bonds. The van der Waals surface area contributed by atoms with Crippen molar-refractivity contribution >= 4 is 28.5 Å². The highest BCUT2D eigenvalue weighted by Gasteiger charge is 2.12. The molecule has 1 aromatic heterocycles. The lowest BCUT2D eigenvalue weighted by Crippen LogP contribution is -1.90. The topological polar surface area (TPSA) is 56.9 Å². The van der Waals surface area contributed by atoms with Crippen LogP contribution >= 0.6 is 22.9 Å². The molecule has 1 N–H and O–H groups in total. The molecule has 0 bridgehead atoms. The maximum atomic E-state index is 9.54. The fourth-order valence-corrected chi connectivity index (χ4v) is 2.41. The number of nitrogens with zero attached hydrogens (tertiary/aromatic N) is 2. The number of hydrogen-bond acceptors (Lipinski definition) is 4. The first kappa shape index (κ1) is 12.6. The molecule has 1 heterocycles. The normalized spacial score (nSPS) is 11.8. The number of aromatic nitrogens is 1. The van der Waals surface area contributed by atoms with Gasteiger partial charge in [-0.3, -0.25) is 0 Å². The number of rotatable bonds is 3. The second-order valence-corrected chi connectivity index (χ2v) is 4.60. The summed E-state index contributed by atoms with van der Waals surface area (Å²) in [5.74, 6) is -0.239. The van der Waals surface area contributed by atoms with E-state index in [9.17, 15) is 5.11 Å². The van der Waals surface area contributed by atoms with Crippen molar-refractivity contribution in [1.82, 2.24) is 4.98 Å². The van der Waals surface area contributed by atoms with Crippen LogP contribution in [0.25, 0.3) is 16.8 Å². The molecule has 0 saturated heterocycles. The first-order valence-corrected chi connectivity index (χ1v) is 6.57. The molecule has 0 radical (unpaired) electrons. The number of aliphatic hydroxyl groups excluding tert-OH is 1. The van der Waals surface area contributed by atoms with Crippen LogP contribution in [0.2, 0.25) is 0 Å². The van der Waals surface area contributed by atoms with Gasteiger partial charge in [-0.05, 0) is 0 Å². The zero-order valence-corrected chi connectivity index (χ0v) is 10.9. The molecule has 0 saturated carbocycles. The molecular weight excluding hydrogens is 268 g/mol. The lowest BCUT2D eigenvalue weighted by Gasteiger charge is -1.97. The molecule has 3 nitrogen and oxygen atoms in total. The fourth-order valence-electron chi connectivity index (χ4n) is 1.43. The van der Waals surface area contributed by atoms with Crippen LogP contribution in [-0.4, -0.2) is 16.0 Å². The van der Waals surface area contributed by atoms with E-state index >= 15 is 0 Å². The largest absolute Gasteiger partial charge is 0.510 e. The Labute approximate surface area is 114 Å². The quantitative estimate of drug-likeness (QED) is 0.526. The van der Waals surface area contributed by atoms with Crippen molar-refractivity contribution in [1.29, 1.82) is 5.26 Å². The molecule has 2 aromatic rings. The van der Waals surface area contributed by atoms with Gasteiger partial charge in [0.15, 0.2) is 0 Å². The Morgan fingerprint density at radius 3 is 2.72 bits per heavy atom. The number of hydrogen-bond donors (Lipinski definition) is 1. The van der Waals surface area contributed by atoms with E-state index < -0.39 is 0 Å². The number of benzene rings is 1. The average Bonchev–Trinajstić information content (AvgIpc) is 2.90. The lowest BCUT2D eigenvalue weighted by atomic mass is 10.2. The first-order valence-electron chi connectivity index (χ1n) is 5.15. The third-order valence-corrected chi connectivity index (χ3v) is 3.43.